The van der Waals surface area contributed by atoms with Gasteiger partial charge in [0.15, 0.2) is 0 Å². The Bertz CT molecular complexity index is 621. The molecule has 0 spiro atoms. The van der Waals surface area contributed by atoms with Crippen LogP contribution in [0.5, 0.6) is 0 Å². The molecule has 0 aliphatic carbocycles. The van der Waals surface area contributed by atoms with Crippen molar-refractivity contribution in [2.45, 2.75) is 112 Å². The summed E-state index contributed by atoms with van der Waals surface area (Å²) < 4.78 is 21.5. The number of unbranched alkanes of at least 4 members (excludes halogenated alkanes) is 4. The van der Waals surface area contributed by atoms with E-state index in [9.17, 15) is 19.2 Å². The predicted molar refractivity (Wildman–Crippen MR) is 153 cm³/mol. The van der Waals surface area contributed by atoms with Crippen LogP contribution in [0.2, 0.25) is 9.88 Å². The number of hydrogen-bond acceptors (Lipinski definition) is 10. The quantitative estimate of drug-likeness (QED) is 0.0585. The van der Waals surface area contributed by atoms with Gasteiger partial charge in [-0.25, -0.2) is 0 Å². The van der Waals surface area contributed by atoms with Crippen molar-refractivity contribution in [1.29, 1.82) is 0 Å². The van der Waals surface area contributed by atoms with Crippen molar-refractivity contribution in [3.63, 3.8) is 0 Å². The average molecular weight is 672 g/mol. The van der Waals surface area contributed by atoms with Crippen LogP contribution in [-0.4, -0.2) is 76.4 Å². The molecule has 0 saturated carbocycles. The van der Waals surface area contributed by atoms with E-state index in [1.807, 2.05) is 27.7 Å². The topological polar surface area (TPSA) is 105 Å². The fourth-order valence-corrected chi connectivity index (χ4v) is 26.2. The van der Waals surface area contributed by atoms with Crippen molar-refractivity contribution in [2.75, 3.05) is 26.4 Å². The molecule has 0 aromatic rings. The Balaban J connectivity index is 5.47. The molecule has 2 atom stereocenters. The van der Waals surface area contributed by atoms with E-state index in [2.05, 4.69) is 9.88 Å². The first-order valence-electron chi connectivity index (χ1n) is 13.6. The van der Waals surface area contributed by atoms with Crippen molar-refractivity contribution in [3.8, 4) is 0 Å². The summed E-state index contributed by atoms with van der Waals surface area (Å²) >= 11 is -3.32. The molecule has 0 amide bonds. The summed E-state index contributed by atoms with van der Waals surface area (Å²) in [5.74, 6) is -1.73. The second-order valence-corrected chi connectivity index (χ2v) is 38.3. The molecule has 0 N–H and O–H groups in total. The van der Waals surface area contributed by atoms with E-state index in [0.717, 1.165) is 51.4 Å². The molecular weight excluding hydrogens is 623 g/mol. The van der Waals surface area contributed by atoms with Gasteiger partial charge in [-0.3, -0.25) is 0 Å². The molecule has 8 nitrogen and oxygen atoms in total. The van der Waals surface area contributed by atoms with Crippen LogP contribution >= 0.6 is 17.9 Å². The van der Waals surface area contributed by atoms with Gasteiger partial charge in [-0.1, -0.05) is 0 Å². The minimum atomic E-state index is -3.32. The Morgan fingerprint density at radius 1 is 0.568 bits per heavy atom. The third kappa shape index (κ3) is 19.1. The summed E-state index contributed by atoms with van der Waals surface area (Å²) in [5.41, 5.74) is 0. The van der Waals surface area contributed by atoms with Crippen LogP contribution in [0.4, 0.5) is 0 Å². The van der Waals surface area contributed by atoms with E-state index in [1.54, 1.807) is 0 Å². The molecule has 0 radical (unpaired) electrons. The molecule has 0 rings (SSSR count). The van der Waals surface area contributed by atoms with Gasteiger partial charge in [-0.15, -0.1) is 0 Å². The van der Waals surface area contributed by atoms with E-state index in [0.29, 0.717) is 26.4 Å². The number of ether oxygens (including phenoxy) is 4. The van der Waals surface area contributed by atoms with Crippen LogP contribution in [0.15, 0.2) is 0 Å². The first-order chi connectivity index (χ1) is 17.6. The van der Waals surface area contributed by atoms with Gasteiger partial charge >= 0.3 is 234 Å². The number of hydrogen-bond donors (Lipinski definition) is 0. The molecular formula is C26H48O8S2Sn. The SMILES string of the molecule is CCCCOC(=O)CC([S][Sn]([CH3])([CH3])[S]C(CC(=O)OCCCC)C(=O)OCCCC)C(=O)OCCCC. The Kier molecular flexibility index (Phi) is 21.8. The van der Waals surface area contributed by atoms with E-state index in [-0.39, 0.29) is 12.8 Å². The molecule has 0 fully saturated rings. The van der Waals surface area contributed by atoms with Gasteiger partial charge < -0.3 is 0 Å². The second-order valence-electron chi connectivity index (χ2n) is 9.21. The molecule has 37 heavy (non-hydrogen) atoms. The van der Waals surface area contributed by atoms with Crippen molar-refractivity contribution >= 4 is 57.4 Å². The molecule has 0 aliphatic heterocycles. The molecule has 0 aliphatic rings. The molecule has 0 bridgehead atoms. The molecule has 216 valence electrons. The van der Waals surface area contributed by atoms with E-state index >= 15 is 0 Å². The molecule has 0 aromatic carbocycles. The standard InChI is InChI=1S/2C12H22O4S.2CH3.Sn/c2*1-3-5-7-15-11(13)9-10(17)12(14)16-8-6-4-2;;;/h2*10,17H,3-9H2,1-2H3;2*1H3;/q;;;;+2/p-2. The first-order valence-corrected chi connectivity index (χ1v) is 28.1. The van der Waals surface area contributed by atoms with Gasteiger partial charge in [0, 0.05) is 0 Å². The summed E-state index contributed by atoms with van der Waals surface area (Å²) in [6.07, 6.45) is 6.46. The zero-order valence-corrected chi connectivity index (χ0v) is 28.1. The number of rotatable bonds is 22. The Labute approximate surface area is 233 Å². The van der Waals surface area contributed by atoms with E-state index < -0.39 is 50.0 Å². The molecule has 0 heterocycles. The molecule has 0 saturated heterocycles. The summed E-state index contributed by atoms with van der Waals surface area (Å²) in [5, 5.41) is -1.42. The maximum atomic E-state index is 12.9. The van der Waals surface area contributed by atoms with Gasteiger partial charge in [0.05, 0.1) is 0 Å². The van der Waals surface area contributed by atoms with Crippen molar-refractivity contribution in [3.05, 3.63) is 0 Å². The second kappa shape index (κ2) is 22.2. The van der Waals surface area contributed by atoms with Gasteiger partial charge in [0.2, 0.25) is 0 Å². The predicted octanol–water partition coefficient (Wildman–Crippen LogP) is 6.05. The van der Waals surface area contributed by atoms with Gasteiger partial charge in [0.25, 0.3) is 0 Å². The number of esters is 4. The van der Waals surface area contributed by atoms with Gasteiger partial charge in [0.1, 0.15) is 0 Å². The van der Waals surface area contributed by atoms with Gasteiger partial charge in [-0.05, 0) is 0 Å². The first kappa shape index (κ1) is 36.4. The van der Waals surface area contributed by atoms with Crippen LogP contribution in [-0.2, 0) is 38.1 Å². The Morgan fingerprint density at radius 2 is 0.865 bits per heavy atom. The third-order valence-electron chi connectivity index (χ3n) is 5.09. The van der Waals surface area contributed by atoms with Crippen LogP contribution in [0, 0.1) is 0 Å². The molecule has 2 unspecified atom stereocenters. The maximum absolute atomic E-state index is 12.9. The number of carbonyl (C=O) groups is 4. The monoisotopic (exact) mass is 672 g/mol. The van der Waals surface area contributed by atoms with E-state index in [1.165, 1.54) is 17.9 Å². The Hall–Kier alpha value is -0.621. The third-order valence-corrected chi connectivity index (χ3v) is 26.0. The summed E-state index contributed by atoms with van der Waals surface area (Å²) in [7, 11) is 2.88. The van der Waals surface area contributed by atoms with Gasteiger partial charge in [-0.2, -0.15) is 0 Å². The fourth-order valence-electron chi connectivity index (χ4n) is 2.96. The zero-order chi connectivity index (χ0) is 28.1. The van der Waals surface area contributed by atoms with Crippen LogP contribution in [0.25, 0.3) is 0 Å². The fraction of sp³-hybridized carbons (Fsp3) is 0.846. The van der Waals surface area contributed by atoms with Crippen LogP contribution in [0.1, 0.15) is 91.9 Å². The summed E-state index contributed by atoms with van der Waals surface area (Å²) in [4.78, 5) is 54.8. The van der Waals surface area contributed by atoms with E-state index in [4.69, 9.17) is 18.9 Å². The van der Waals surface area contributed by atoms with Crippen molar-refractivity contribution in [2.24, 2.45) is 0 Å². The summed E-state index contributed by atoms with van der Waals surface area (Å²) in [6, 6.07) is 0. The van der Waals surface area contributed by atoms with Crippen LogP contribution < -0.4 is 0 Å². The number of carbonyl (C=O) groups excluding carboxylic acids is 4. The van der Waals surface area contributed by atoms with Crippen molar-refractivity contribution < 1.29 is 38.1 Å². The summed E-state index contributed by atoms with van der Waals surface area (Å²) in [6.45, 7) is 9.29. The molecule has 0 aromatic heterocycles. The zero-order valence-electron chi connectivity index (χ0n) is 23.6. The minimum absolute atomic E-state index is 0.0785. The van der Waals surface area contributed by atoms with Crippen molar-refractivity contribution in [1.82, 2.24) is 0 Å². The average Bonchev–Trinajstić information content (AvgIpc) is 2.83. The van der Waals surface area contributed by atoms with Crippen LogP contribution in [0.3, 0.4) is 0 Å². The Morgan fingerprint density at radius 3 is 1.16 bits per heavy atom. The normalized spacial score (nSPS) is 12.9. The molecule has 11 heteroatoms.